The normalized spacial score (nSPS) is 20.0. The molecule has 1 aliphatic rings. The number of aromatic hydroxyl groups is 1. The first-order valence-corrected chi connectivity index (χ1v) is 6.84. The molecule has 0 aliphatic carbocycles. The zero-order valence-electron chi connectivity index (χ0n) is 10.3. The molecule has 0 saturated carbocycles. The summed E-state index contributed by atoms with van der Waals surface area (Å²) in [6, 6.07) is 5.16. The second kappa shape index (κ2) is 5.71. The van der Waals surface area contributed by atoms with Gasteiger partial charge in [-0.05, 0) is 43.1 Å². The molecule has 1 heterocycles. The fraction of sp³-hybridized carbons (Fsp3) is 0.462. The van der Waals surface area contributed by atoms with E-state index in [1.54, 1.807) is 19.2 Å². The smallest absolute Gasteiger partial charge is 0.237 e. The summed E-state index contributed by atoms with van der Waals surface area (Å²) in [6.45, 7) is 1.59. The van der Waals surface area contributed by atoms with Gasteiger partial charge in [-0.1, -0.05) is 15.9 Å². The molecular weight excluding hydrogens is 296 g/mol. The van der Waals surface area contributed by atoms with Gasteiger partial charge < -0.3 is 10.4 Å². The Morgan fingerprint density at radius 1 is 1.61 bits per heavy atom. The molecule has 98 valence electrons. The van der Waals surface area contributed by atoms with Crippen molar-refractivity contribution >= 4 is 21.8 Å². The minimum Gasteiger partial charge on any atom is -0.508 e. The van der Waals surface area contributed by atoms with E-state index in [1.165, 1.54) is 0 Å². The maximum atomic E-state index is 11.8. The summed E-state index contributed by atoms with van der Waals surface area (Å²) in [5.74, 6) is 0.327. The average Bonchev–Trinajstić information content (AvgIpc) is 2.81. The van der Waals surface area contributed by atoms with E-state index in [2.05, 4.69) is 26.1 Å². The summed E-state index contributed by atoms with van der Waals surface area (Å²) >= 11 is 3.47. The zero-order valence-corrected chi connectivity index (χ0v) is 11.9. The van der Waals surface area contributed by atoms with Gasteiger partial charge in [0.25, 0.3) is 0 Å². The number of rotatable bonds is 3. The standard InChI is InChI=1S/C13H17BrN2O2/c1-15-13(18)12-3-2-6-16(12)8-9-7-10(17)4-5-11(9)14/h4-5,7,12,17H,2-3,6,8H2,1H3,(H,15,18). The molecule has 4 nitrogen and oxygen atoms in total. The van der Waals surface area contributed by atoms with Crippen LogP contribution in [-0.4, -0.2) is 35.5 Å². The summed E-state index contributed by atoms with van der Waals surface area (Å²) in [5.41, 5.74) is 1.01. The Morgan fingerprint density at radius 2 is 2.39 bits per heavy atom. The lowest BCUT2D eigenvalue weighted by Gasteiger charge is -2.23. The fourth-order valence-electron chi connectivity index (χ4n) is 2.38. The zero-order chi connectivity index (χ0) is 13.1. The first-order chi connectivity index (χ1) is 8.61. The summed E-state index contributed by atoms with van der Waals surface area (Å²) in [4.78, 5) is 13.9. The van der Waals surface area contributed by atoms with Gasteiger partial charge in [0, 0.05) is 18.1 Å². The molecule has 1 aromatic rings. The molecule has 1 saturated heterocycles. The number of hydrogen-bond donors (Lipinski definition) is 2. The van der Waals surface area contributed by atoms with Crippen molar-refractivity contribution in [2.24, 2.45) is 0 Å². The highest BCUT2D eigenvalue weighted by atomic mass is 79.9. The second-order valence-corrected chi connectivity index (χ2v) is 5.37. The Morgan fingerprint density at radius 3 is 3.11 bits per heavy atom. The molecule has 1 atom stereocenters. The monoisotopic (exact) mass is 312 g/mol. The number of phenols is 1. The van der Waals surface area contributed by atoms with Gasteiger partial charge >= 0.3 is 0 Å². The van der Waals surface area contributed by atoms with E-state index < -0.39 is 0 Å². The van der Waals surface area contributed by atoms with E-state index in [9.17, 15) is 9.90 Å². The third kappa shape index (κ3) is 2.84. The molecular formula is C13H17BrN2O2. The van der Waals surface area contributed by atoms with Crippen LogP contribution in [0.4, 0.5) is 0 Å². The fourth-order valence-corrected chi connectivity index (χ4v) is 2.75. The topological polar surface area (TPSA) is 52.6 Å². The highest BCUT2D eigenvalue weighted by molar-refractivity contribution is 9.10. The van der Waals surface area contributed by atoms with E-state index in [0.717, 1.165) is 29.4 Å². The van der Waals surface area contributed by atoms with Crippen molar-refractivity contribution in [3.05, 3.63) is 28.2 Å². The third-order valence-electron chi connectivity index (χ3n) is 3.32. The molecule has 2 N–H and O–H groups in total. The minimum absolute atomic E-state index is 0.0516. The van der Waals surface area contributed by atoms with E-state index in [4.69, 9.17) is 0 Å². The van der Waals surface area contributed by atoms with Crippen LogP contribution in [0.1, 0.15) is 18.4 Å². The number of hydrogen-bond acceptors (Lipinski definition) is 3. The Kier molecular flexibility index (Phi) is 4.24. The van der Waals surface area contributed by atoms with Crippen LogP contribution >= 0.6 is 15.9 Å². The Balaban J connectivity index is 2.13. The van der Waals surface area contributed by atoms with Crippen LogP contribution < -0.4 is 5.32 Å². The Hall–Kier alpha value is -1.07. The lowest BCUT2D eigenvalue weighted by molar-refractivity contribution is -0.125. The number of halogens is 1. The van der Waals surface area contributed by atoms with Crippen LogP contribution in [-0.2, 0) is 11.3 Å². The number of phenolic OH excluding ortho intramolecular Hbond substituents is 1. The lowest BCUT2D eigenvalue weighted by atomic mass is 10.1. The number of likely N-dealkylation sites (N-methyl/N-ethyl adjacent to an activating group) is 1. The van der Waals surface area contributed by atoms with Gasteiger partial charge in [-0.2, -0.15) is 0 Å². The number of carbonyl (C=O) groups excluding carboxylic acids is 1. The number of nitrogens with zero attached hydrogens (tertiary/aromatic N) is 1. The van der Waals surface area contributed by atoms with Gasteiger partial charge in [-0.3, -0.25) is 9.69 Å². The maximum absolute atomic E-state index is 11.8. The minimum atomic E-state index is -0.0516. The second-order valence-electron chi connectivity index (χ2n) is 4.52. The predicted molar refractivity (Wildman–Crippen MR) is 73.3 cm³/mol. The van der Waals surface area contributed by atoms with Crippen LogP contribution in [0.2, 0.25) is 0 Å². The number of likely N-dealkylation sites (tertiary alicyclic amines) is 1. The van der Waals surface area contributed by atoms with Crippen LogP contribution in [0.15, 0.2) is 22.7 Å². The van der Waals surface area contributed by atoms with Gasteiger partial charge in [0.2, 0.25) is 5.91 Å². The highest BCUT2D eigenvalue weighted by Crippen LogP contribution is 2.26. The molecule has 18 heavy (non-hydrogen) atoms. The molecule has 5 heteroatoms. The molecule has 0 bridgehead atoms. The van der Waals surface area contributed by atoms with E-state index in [-0.39, 0.29) is 17.7 Å². The quantitative estimate of drug-likeness (QED) is 0.896. The van der Waals surface area contributed by atoms with Crippen molar-refractivity contribution in [2.75, 3.05) is 13.6 Å². The largest absolute Gasteiger partial charge is 0.508 e. The van der Waals surface area contributed by atoms with Gasteiger partial charge in [-0.15, -0.1) is 0 Å². The van der Waals surface area contributed by atoms with Gasteiger partial charge in [0.05, 0.1) is 6.04 Å². The van der Waals surface area contributed by atoms with Crippen LogP contribution in [0.25, 0.3) is 0 Å². The Bertz CT molecular complexity index is 451. The predicted octanol–water partition coefficient (Wildman–Crippen LogP) is 1.87. The molecule has 1 unspecified atom stereocenters. The molecule has 2 rings (SSSR count). The molecule has 1 amide bonds. The summed E-state index contributed by atoms with van der Waals surface area (Å²) in [7, 11) is 1.67. The van der Waals surface area contributed by atoms with Crippen molar-refractivity contribution < 1.29 is 9.90 Å². The summed E-state index contributed by atoms with van der Waals surface area (Å²) in [5, 5.41) is 12.2. The number of benzene rings is 1. The van der Waals surface area contributed by atoms with Gasteiger partial charge in [-0.25, -0.2) is 0 Å². The molecule has 1 aromatic carbocycles. The Labute approximate surface area is 115 Å². The van der Waals surface area contributed by atoms with E-state index in [0.29, 0.717) is 6.54 Å². The molecule has 0 aromatic heterocycles. The van der Waals surface area contributed by atoms with Crippen LogP contribution in [0.3, 0.4) is 0 Å². The molecule has 0 spiro atoms. The third-order valence-corrected chi connectivity index (χ3v) is 4.09. The van der Waals surface area contributed by atoms with E-state index in [1.807, 2.05) is 6.07 Å². The molecule has 1 aliphatic heterocycles. The van der Waals surface area contributed by atoms with Crippen molar-refractivity contribution in [1.29, 1.82) is 0 Å². The first-order valence-electron chi connectivity index (χ1n) is 6.05. The average molecular weight is 313 g/mol. The van der Waals surface area contributed by atoms with Gasteiger partial charge in [0.15, 0.2) is 0 Å². The summed E-state index contributed by atoms with van der Waals surface area (Å²) in [6.07, 6.45) is 1.94. The maximum Gasteiger partial charge on any atom is 0.237 e. The first kappa shape index (κ1) is 13.4. The van der Waals surface area contributed by atoms with Crippen molar-refractivity contribution in [3.63, 3.8) is 0 Å². The number of amides is 1. The SMILES string of the molecule is CNC(=O)C1CCCN1Cc1cc(O)ccc1Br. The highest BCUT2D eigenvalue weighted by Gasteiger charge is 2.30. The summed E-state index contributed by atoms with van der Waals surface area (Å²) < 4.78 is 0.961. The van der Waals surface area contributed by atoms with Gasteiger partial charge in [0.1, 0.15) is 5.75 Å². The van der Waals surface area contributed by atoms with Crippen LogP contribution in [0, 0.1) is 0 Å². The molecule has 1 fully saturated rings. The van der Waals surface area contributed by atoms with Crippen LogP contribution in [0.5, 0.6) is 5.75 Å². The van der Waals surface area contributed by atoms with Crippen molar-refractivity contribution in [2.45, 2.75) is 25.4 Å². The van der Waals surface area contributed by atoms with Crippen molar-refractivity contribution in [1.82, 2.24) is 10.2 Å². The lowest BCUT2D eigenvalue weighted by Crippen LogP contribution is -2.41. The number of carbonyl (C=O) groups is 1. The number of nitrogens with one attached hydrogen (secondary N) is 1. The van der Waals surface area contributed by atoms with Crippen molar-refractivity contribution in [3.8, 4) is 5.75 Å². The molecule has 0 radical (unpaired) electrons. The van der Waals surface area contributed by atoms with E-state index >= 15 is 0 Å².